The molecule has 1 aliphatic heterocycles. The van der Waals surface area contributed by atoms with Gasteiger partial charge in [-0.3, -0.25) is 9.59 Å². The Morgan fingerprint density at radius 3 is 2.75 bits per heavy atom. The number of anilines is 1. The molecular formula is C14H21N3O3. The van der Waals surface area contributed by atoms with Crippen LogP contribution in [0.2, 0.25) is 0 Å². The van der Waals surface area contributed by atoms with Gasteiger partial charge in [0, 0.05) is 25.1 Å². The van der Waals surface area contributed by atoms with Crippen molar-refractivity contribution in [2.45, 2.75) is 26.8 Å². The zero-order valence-corrected chi connectivity index (χ0v) is 12.0. The molecule has 0 bridgehead atoms. The van der Waals surface area contributed by atoms with E-state index in [2.05, 4.69) is 10.00 Å². The molecule has 1 atom stereocenters. The summed E-state index contributed by atoms with van der Waals surface area (Å²) in [4.78, 5) is 25.9. The molecule has 110 valence electrons. The van der Waals surface area contributed by atoms with Gasteiger partial charge in [-0.1, -0.05) is 13.8 Å². The smallest absolute Gasteiger partial charge is 0.269 e. The van der Waals surface area contributed by atoms with Gasteiger partial charge in [-0.05, 0) is 6.42 Å². The lowest BCUT2D eigenvalue weighted by Crippen LogP contribution is -2.37. The van der Waals surface area contributed by atoms with Gasteiger partial charge in [0.05, 0.1) is 25.1 Å². The molecule has 1 aromatic rings. The Hall–Kier alpha value is -1.69. The van der Waals surface area contributed by atoms with Crippen LogP contribution in [0.25, 0.3) is 0 Å². The van der Waals surface area contributed by atoms with E-state index in [9.17, 15) is 9.59 Å². The second-order valence-electron chi connectivity index (χ2n) is 5.08. The fourth-order valence-electron chi connectivity index (χ4n) is 2.07. The van der Waals surface area contributed by atoms with E-state index in [4.69, 9.17) is 4.74 Å². The van der Waals surface area contributed by atoms with Crippen LogP contribution in [0.5, 0.6) is 0 Å². The second-order valence-corrected chi connectivity index (χ2v) is 5.08. The van der Waals surface area contributed by atoms with Gasteiger partial charge in [-0.2, -0.15) is 5.10 Å². The number of nitrogens with zero attached hydrogens (tertiary/aromatic N) is 3. The number of hydrogen-bond donors (Lipinski definition) is 0. The molecule has 1 saturated heterocycles. The number of Topliss-reactive ketones (excluding diaryl/α,β-unsaturated/α-hetero) is 1. The molecule has 0 saturated carbocycles. The molecule has 0 N–H and O–H groups in total. The van der Waals surface area contributed by atoms with Gasteiger partial charge in [0.2, 0.25) is 0 Å². The van der Waals surface area contributed by atoms with Crippen LogP contribution in [-0.2, 0) is 16.1 Å². The number of carbonyl (C=O) groups is 1. The molecular weight excluding hydrogens is 258 g/mol. The molecule has 2 rings (SSSR count). The van der Waals surface area contributed by atoms with E-state index >= 15 is 0 Å². The Kier molecular flexibility index (Phi) is 4.89. The maximum absolute atomic E-state index is 12.0. The quantitative estimate of drug-likeness (QED) is 0.793. The maximum Gasteiger partial charge on any atom is 0.269 e. The monoisotopic (exact) mass is 279 g/mol. The van der Waals surface area contributed by atoms with Crippen molar-refractivity contribution in [3.8, 4) is 0 Å². The van der Waals surface area contributed by atoms with Crippen molar-refractivity contribution in [1.82, 2.24) is 9.78 Å². The number of rotatable bonds is 5. The third-order valence-electron chi connectivity index (χ3n) is 3.70. The highest BCUT2D eigenvalue weighted by atomic mass is 16.5. The number of hydrogen-bond acceptors (Lipinski definition) is 5. The second kappa shape index (κ2) is 6.65. The van der Waals surface area contributed by atoms with E-state index in [1.807, 2.05) is 13.8 Å². The summed E-state index contributed by atoms with van der Waals surface area (Å²) < 4.78 is 6.51. The molecule has 1 fully saturated rings. The van der Waals surface area contributed by atoms with Crippen LogP contribution in [0, 0.1) is 5.92 Å². The predicted octanol–water partition coefficient (Wildman–Crippen LogP) is 0.695. The number of ketones is 1. The fraction of sp³-hybridized carbons (Fsp3) is 0.643. The lowest BCUT2D eigenvalue weighted by atomic mass is 10.0. The standard InChI is InChI=1S/C14H21N3O3/c1-3-11(2)13(18)10-17-14(19)8-12(9-15-17)16-4-6-20-7-5-16/h8-9,11H,3-7,10H2,1-2H3. The fourth-order valence-corrected chi connectivity index (χ4v) is 2.07. The van der Waals surface area contributed by atoms with Gasteiger partial charge in [-0.15, -0.1) is 0 Å². The normalized spacial score (nSPS) is 17.0. The van der Waals surface area contributed by atoms with Gasteiger partial charge in [0.1, 0.15) is 6.54 Å². The Morgan fingerprint density at radius 2 is 2.15 bits per heavy atom. The molecule has 1 unspecified atom stereocenters. The van der Waals surface area contributed by atoms with E-state index in [0.29, 0.717) is 13.2 Å². The lowest BCUT2D eigenvalue weighted by Gasteiger charge is -2.28. The number of ether oxygens (including phenoxy) is 1. The van der Waals surface area contributed by atoms with E-state index < -0.39 is 0 Å². The Morgan fingerprint density at radius 1 is 1.45 bits per heavy atom. The molecule has 6 heteroatoms. The molecule has 20 heavy (non-hydrogen) atoms. The first kappa shape index (κ1) is 14.7. The molecule has 0 radical (unpaired) electrons. The molecule has 0 amide bonds. The van der Waals surface area contributed by atoms with Crippen LogP contribution in [0.3, 0.4) is 0 Å². The van der Waals surface area contributed by atoms with Gasteiger partial charge in [0.25, 0.3) is 5.56 Å². The molecule has 2 heterocycles. The minimum atomic E-state index is -0.231. The number of aromatic nitrogens is 2. The minimum Gasteiger partial charge on any atom is -0.378 e. The van der Waals surface area contributed by atoms with Crippen molar-refractivity contribution in [3.05, 3.63) is 22.6 Å². The van der Waals surface area contributed by atoms with Crippen LogP contribution in [0.15, 0.2) is 17.1 Å². The van der Waals surface area contributed by atoms with Crippen molar-refractivity contribution in [3.63, 3.8) is 0 Å². The average molecular weight is 279 g/mol. The highest BCUT2D eigenvalue weighted by molar-refractivity contribution is 5.80. The van der Waals surface area contributed by atoms with Gasteiger partial charge in [0.15, 0.2) is 5.78 Å². The van der Waals surface area contributed by atoms with Crippen LogP contribution in [0.4, 0.5) is 5.69 Å². The molecule has 6 nitrogen and oxygen atoms in total. The first-order chi connectivity index (χ1) is 9.61. The van der Waals surface area contributed by atoms with Gasteiger partial charge >= 0.3 is 0 Å². The van der Waals surface area contributed by atoms with Crippen molar-refractivity contribution < 1.29 is 9.53 Å². The van der Waals surface area contributed by atoms with Crippen LogP contribution in [-0.4, -0.2) is 41.9 Å². The maximum atomic E-state index is 12.0. The van der Waals surface area contributed by atoms with E-state index in [1.165, 1.54) is 4.68 Å². The summed E-state index contributed by atoms with van der Waals surface area (Å²) in [5.41, 5.74) is 0.566. The Bertz CT molecular complexity index is 521. The number of morpholine rings is 1. The molecule has 0 aromatic carbocycles. The summed E-state index contributed by atoms with van der Waals surface area (Å²) in [7, 11) is 0. The van der Waals surface area contributed by atoms with Crippen molar-refractivity contribution in [2.24, 2.45) is 5.92 Å². The summed E-state index contributed by atoms with van der Waals surface area (Å²) in [5.74, 6) is 0.00356. The average Bonchev–Trinajstić information content (AvgIpc) is 2.49. The van der Waals surface area contributed by atoms with Crippen molar-refractivity contribution in [2.75, 3.05) is 31.2 Å². The third-order valence-corrected chi connectivity index (χ3v) is 3.70. The first-order valence-corrected chi connectivity index (χ1v) is 7.04. The van der Waals surface area contributed by atoms with E-state index in [1.54, 1.807) is 12.3 Å². The van der Waals surface area contributed by atoms with Crippen LogP contribution in [0.1, 0.15) is 20.3 Å². The SMILES string of the molecule is CCC(C)C(=O)Cn1ncc(N2CCOCC2)cc1=O. The highest BCUT2D eigenvalue weighted by Crippen LogP contribution is 2.11. The highest BCUT2D eigenvalue weighted by Gasteiger charge is 2.15. The predicted molar refractivity (Wildman–Crippen MR) is 76.0 cm³/mol. The zero-order chi connectivity index (χ0) is 14.5. The topological polar surface area (TPSA) is 64.4 Å². The summed E-state index contributed by atoms with van der Waals surface area (Å²) in [6.07, 6.45) is 2.43. The van der Waals surface area contributed by atoms with E-state index in [-0.39, 0.29) is 23.8 Å². The first-order valence-electron chi connectivity index (χ1n) is 7.04. The Labute approximate surface area is 118 Å². The van der Waals surface area contributed by atoms with Gasteiger partial charge < -0.3 is 9.64 Å². The third kappa shape index (κ3) is 3.45. The van der Waals surface area contributed by atoms with Crippen LogP contribution >= 0.6 is 0 Å². The van der Waals surface area contributed by atoms with Crippen LogP contribution < -0.4 is 10.5 Å². The molecule has 0 aliphatic carbocycles. The van der Waals surface area contributed by atoms with E-state index in [0.717, 1.165) is 25.2 Å². The summed E-state index contributed by atoms with van der Waals surface area (Å²) >= 11 is 0. The van der Waals surface area contributed by atoms with Gasteiger partial charge in [-0.25, -0.2) is 4.68 Å². The summed E-state index contributed by atoms with van der Waals surface area (Å²) in [6.45, 7) is 6.73. The molecule has 1 aromatic heterocycles. The molecule has 0 spiro atoms. The summed E-state index contributed by atoms with van der Waals surface area (Å²) in [5, 5.41) is 4.11. The lowest BCUT2D eigenvalue weighted by molar-refractivity contribution is -0.123. The molecule has 1 aliphatic rings. The van der Waals surface area contributed by atoms with Crippen molar-refractivity contribution in [1.29, 1.82) is 0 Å². The Balaban J connectivity index is 2.09. The summed E-state index contributed by atoms with van der Waals surface area (Å²) in [6, 6.07) is 1.54. The largest absolute Gasteiger partial charge is 0.378 e. The van der Waals surface area contributed by atoms with Crippen molar-refractivity contribution >= 4 is 11.5 Å². The minimum absolute atomic E-state index is 0.0392. The zero-order valence-electron chi connectivity index (χ0n) is 12.0. The number of carbonyl (C=O) groups excluding carboxylic acids is 1.